The third kappa shape index (κ3) is 6.07. The number of benzene rings is 1. The van der Waals surface area contributed by atoms with Gasteiger partial charge in [0.15, 0.2) is 6.61 Å². The number of nitrogens with zero attached hydrogens (tertiary/aromatic N) is 1. The van der Waals surface area contributed by atoms with Crippen molar-refractivity contribution in [2.75, 3.05) is 26.2 Å². The Morgan fingerprint density at radius 3 is 2.76 bits per heavy atom. The van der Waals surface area contributed by atoms with E-state index < -0.39 is 0 Å². The van der Waals surface area contributed by atoms with Crippen molar-refractivity contribution in [2.45, 2.75) is 40.5 Å². The highest BCUT2D eigenvalue weighted by molar-refractivity contribution is 5.81. The predicted molar refractivity (Wildman–Crippen MR) is 98.4 cm³/mol. The van der Waals surface area contributed by atoms with E-state index in [1.54, 1.807) is 0 Å². The van der Waals surface area contributed by atoms with Gasteiger partial charge in [0.05, 0.1) is 0 Å². The molecule has 2 amide bonds. The van der Waals surface area contributed by atoms with Crippen LogP contribution in [0.4, 0.5) is 0 Å². The summed E-state index contributed by atoms with van der Waals surface area (Å²) in [5.41, 5.74) is 0.726. The second-order valence-electron chi connectivity index (χ2n) is 7.91. The second-order valence-corrected chi connectivity index (χ2v) is 7.91. The average molecular weight is 346 g/mol. The first kappa shape index (κ1) is 19.3. The van der Waals surface area contributed by atoms with Crippen molar-refractivity contribution in [1.82, 2.24) is 10.2 Å². The molecule has 138 valence electrons. The zero-order chi connectivity index (χ0) is 18.4. The minimum Gasteiger partial charge on any atom is -0.484 e. The molecule has 1 N–H and O–H groups in total. The molecule has 1 fully saturated rings. The van der Waals surface area contributed by atoms with Gasteiger partial charge < -0.3 is 15.0 Å². The molecule has 0 radical (unpaired) electrons. The summed E-state index contributed by atoms with van der Waals surface area (Å²) in [7, 11) is 0. The number of carbonyl (C=O) groups excluding carboxylic acids is 2. The lowest BCUT2D eigenvalue weighted by atomic mass is 9.94. The van der Waals surface area contributed by atoms with Crippen LogP contribution in [0, 0.1) is 18.3 Å². The maximum Gasteiger partial charge on any atom is 0.260 e. The smallest absolute Gasteiger partial charge is 0.260 e. The predicted octanol–water partition coefficient (Wildman–Crippen LogP) is 2.77. The van der Waals surface area contributed by atoms with E-state index in [-0.39, 0.29) is 23.8 Å². The van der Waals surface area contributed by atoms with E-state index in [2.05, 4.69) is 5.32 Å². The number of nitrogens with one attached hydrogen (secondary N) is 1. The number of carbonyl (C=O) groups is 2. The van der Waals surface area contributed by atoms with Crippen LogP contribution in [0.15, 0.2) is 24.3 Å². The van der Waals surface area contributed by atoms with Gasteiger partial charge in [0, 0.05) is 25.0 Å². The molecule has 0 aromatic heterocycles. The first-order valence-corrected chi connectivity index (χ1v) is 9.01. The molecule has 0 bridgehead atoms. The van der Waals surface area contributed by atoms with Crippen molar-refractivity contribution in [3.8, 4) is 5.75 Å². The molecule has 0 saturated carbocycles. The molecular formula is C20H30N2O3. The first-order valence-electron chi connectivity index (χ1n) is 9.01. The van der Waals surface area contributed by atoms with Crippen LogP contribution < -0.4 is 10.1 Å². The van der Waals surface area contributed by atoms with Crippen LogP contribution in [0.1, 0.15) is 39.2 Å². The van der Waals surface area contributed by atoms with E-state index in [4.69, 9.17) is 4.74 Å². The molecule has 0 unspecified atom stereocenters. The molecule has 5 nitrogen and oxygen atoms in total. The Labute approximate surface area is 150 Å². The van der Waals surface area contributed by atoms with Gasteiger partial charge in [-0.2, -0.15) is 0 Å². The Morgan fingerprint density at radius 1 is 1.32 bits per heavy atom. The topological polar surface area (TPSA) is 58.6 Å². The summed E-state index contributed by atoms with van der Waals surface area (Å²) in [5, 5.41) is 3.01. The fraction of sp³-hybridized carbons (Fsp3) is 0.600. The molecule has 0 spiro atoms. The summed E-state index contributed by atoms with van der Waals surface area (Å²) < 4.78 is 5.62. The van der Waals surface area contributed by atoms with Crippen molar-refractivity contribution in [3.63, 3.8) is 0 Å². The van der Waals surface area contributed by atoms with Crippen LogP contribution >= 0.6 is 0 Å². The molecule has 1 heterocycles. The van der Waals surface area contributed by atoms with Gasteiger partial charge in [-0.3, -0.25) is 9.59 Å². The van der Waals surface area contributed by atoms with E-state index in [9.17, 15) is 9.59 Å². The number of rotatable bonds is 5. The minimum atomic E-state index is -0.383. The van der Waals surface area contributed by atoms with Gasteiger partial charge in [0.1, 0.15) is 5.75 Å². The summed E-state index contributed by atoms with van der Waals surface area (Å²) in [5.74, 6) is 1.09. The largest absolute Gasteiger partial charge is 0.484 e. The quantitative estimate of drug-likeness (QED) is 0.892. The molecule has 1 aromatic carbocycles. The average Bonchev–Trinajstić information content (AvgIpc) is 2.57. The molecule has 0 aliphatic carbocycles. The summed E-state index contributed by atoms with van der Waals surface area (Å²) in [6.45, 7) is 9.84. The van der Waals surface area contributed by atoms with E-state index in [0.29, 0.717) is 19.0 Å². The van der Waals surface area contributed by atoms with E-state index in [0.717, 1.165) is 30.7 Å². The fourth-order valence-corrected chi connectivity index (χ4v) is 2.90. The highest BCUT2D eigenvalue weighted by atomic mass is 16.5. The Balaban J connectivity index is 1.79. The fourth-order valence-electron chi connectivity index (χ4n) is 2.90. The number of aryl methyl sites for hydroxylation is 1. The molecule has 2 rings (SSSR count). The Hall–Kier alpha value is -2.04. The van der Waals surface area contributed by atoms with Crippen molar-refractivity contribution in [1.29, 1.82) is 0 Å². The number of likely N-dealkylation sites (tertiary alicyclic amines) is 1. The maximum absolute atomic E-state index is 12.4. The van der Waals surface area contributed by atoms with Crippen molar-refractivity contribution in [2.24, 2.45) is 11.3 Å². The molecule has 1 aliphatic rings. The number of amides is 2. The third-order valence-electron chi connectivity index (χ3n) is 4.46. The van der Waals surface area contributed by atoms with Gasteiger partial charge >= 0.3 is 0 Å². The van der Waals surface area contributed by atoms with Gasteiger partial charge in [0.25, 0.3) is 5.91 Å². The van der Waals surface area contributed by atoms with Gasteiger partial charge in [0.2, 0.25) is 5.91 Å². The van der Waals surface area contributed by atoms with E-state index in [1.165, 1.54) is 0 Å². The zero-order valence-electron chi connectivity index (χ0n) is 15.8. The lowest BCUT2D eigenvalue weighted by Gasteiger charge is -2.33. The van der Waals surface area contributed by atoms with Crippen molar-refractivity contribution >= 4 is 11.8 Å². The van der Waals surface area contributed by atoms with Gasteiger partial charge in [-0.15, -0.1) is 0 Å². The lowest BCUT2D eigenvalue weighted by molar-refractivity contribution is -0.135. The summed E-state index contributed by atoms with van der Waals surface area (Å²) in [4.78, 5) is 26.3. The Morgan fingerprint density at radius 2 is 2.08 bits per heavy atom. The Bertz CT molecular complexity index is 607. The van der Waals surface area contributed by atoms with Crippen LogP contribution in [0.2, 0.25) is 0 Å². The summed E-state index contributed by atoms with van der Waals surface area (Å²) in [6.07, 6.45) is 2.00. The van der Waals surface area contributed by atoms with E-state index in [1.807, 2.05) is 56.9 Å². The SMILES string of the molecule is Cc1cccc(OCC(=O)N2CCC[C@H](CNC(=O)C(C)(C)C)C2)c1. The number of hydrogen-bond acceptors (Lipinski definition) is 3. The molecule has 5 heteroatoms. The molecule has 25 heavy (non-hydrogen) atoms. The lowest BCUT2D eigenvalue weighted by Crippen LogP contribution is -2.46. The van der Waals surface area contributed by atoms with Crippen LogP contribution in [0.25, 0.3) is 0 Å². The monoisotopic (exact) mass is 346 g/mol. The highest BCUT2D eigenvalue weighted by Crippen LogP contribution is 2.18. The molecule has 1 aliphatic heterocycles. The second kappa shape index (κ2) is 8.37. The molecule has 1 atom stereocenters. The van der Waals surface area contributed by atoms with Crippen LogP contribution in [-0.2, 0) is 9.59 Å². The number of piperidine rings is 1. The normalized spacial score (nSPS) is 17.9. The summed E-state index contributed by atoms with van der Waals surface area (Å²) in [6, 6.07) is 7.70. The Kier molecular flexibility index (Phi) is 6.45. The van der Waals surface area contributed by atoms with Gasteiger partial charge in [-0.1, -0.05) is 32.9 Å². The highest BCUT2D eigenvalue weighted by Gasteiger charge is 2.26. The van der Waals surface area contributed by atoms with Gasteiger partial charge in [-0.05, 0) is 43.4 Å². The van der Waals surface area contributed by atoms with E-state index >= 15 is 0 Å². The molecule has 1 saturated heterocycles. The van der Waals surface area contributed by atoms with Crippen molar-refractivity contribution < 1.29 is 14.3 Å². The minimum absolute atomic E-state index is 0.00774. The first-order chi connectivity index (χ1) is 11.8. The third-order valence-corrected chi connectivity index (χ3v) is 4.46. The standard InChI is InChI=1S/C20H30N2O3/c1-15-7-5-9-17(11-15)25-14-18(23)22-10-6-8-16(13-22)12-21-19(24)20(2,3)4/h5,7,9,11,16H,6,8,10,12-14H2,1-4H3,(H,21,24)/t16-/m1/s1. The summed E-state index contributed by atoms with van der Waals surface area (Å²) >= 11 is 0. The van der Waals surface area contributed by atoms with Gasteiger partial charge in [-0.25, -0.2) is 0 Å². The molecular weight excluding hydrogens is 316 g/mol. The maximum atomic E-state index is 12.4. The molecule has 1 aromatic rings. The van der Waals surface area contributed by atoms with Crippen LogP contribution in [0.5, 0.6) is 5.75 Å². The van der Waals surface area contributed by atoms with Crippen LogP contribution in [0.3, 0.4) is 0 Å². The van der Waals surface area contributed by atoms with Crippen LogP contribution in [-0.4, -0.2) is 43.0 Å². The number of ether oxygens (including phenoxy) is 1. The zero-order valence-corrected chi connectivity index (χ0v) is 15.8. The number of hydrogen-bond donors (Lipinski definition) is 1. The van der Waals surface area contributed by atoms with Crippen molar-refractivity contribution in [3.05, 3.63) is 29.8 Å².